The van der Waals surface area contributed by atoms with Crippen molar-refractivity contribution in [1.29, 1.82) is 0 Å². The molecule has 0 aliphatic carbocycles. The summed E-state index contributed by atoms with van der Waals surface area (Å²) in [6.45, 7) is 19.1. The number of rotatable bonds is 8. The van der Waals surface area contributed by atoms with Crippen LogP contribution in [0.1, 0.15) is 73.3 Å². The molecule has 0 saturated heterocycles. The summed E-state index contributed by atoms with van der Waals surface area (Å²) < 4.78 is 27.1. The molecule has 0 heterocycles. The lowest BCUT2D eigenvalue weighted by Crippen LogP contribution is -2.46. The van der Waals surface area contributed by atoms with Gasteiger partial charge in [-0.2, -0.15) is 0 Å². The maximum Gasteiger partial charge on any atom is 0.408 e. The second-order valence-electron chi connectivity index (χ2n) is 10.6. The van der Waals surface area contributed by atoms with E-state index in [9.17, 15) is 9.18 Å². The Labute approximate surface area is 191 Å². The van der Waals surface area contributed by atoms with Gasteiger partial charge in [0.2, 0.25) is 0 Å². The number of benzene rings is 1. The van der Waals surface area contributed by atoms with E-state index in [2.05, 4.69) is 55.1 Å². The van der Waals surface area contributed by atoms with Crippen LogP contribution < -0.4 is 5.32 Å². The van der Waals surface area contributed by atoms with E-state index in [1.54, 1.807) is 12.1 Å². The first-order chi connectivity index (χ1) is 13.5. The molecule has 0 fully saturated rings. The topological polar surface area (TPSA) is 47.6 Å². The number of nitrogens with one attached hydrogen (secondary N) is 1. The van der Waals surface area contributed by atoms with E-state index in [4.69, 9.17) is 9.16 Å². The van der Waals surface area contributed by atoms with E-state index in [-0.39, 0.29) is 10.9 Å². The number of amides is 1. The second-order valence-corrected chi connectivity index (χ2v) is 16.4. The molecule has 0 spiro atoms. The smallest absolute Gasteiger partial charge is 0.408 e. The molecule has 172 valence electrons. The van der Waals surface area contributed by atoms with Crippen molar-refractivity contribution in [1.82, 2.24) is 5.32 Å². The number of hydrogen-bond donors (Lipinski definition) is 1. The van der Waals surface area contributed by atoms with Crippen molar-refractivity contribution in [2.24, 2.45) is 0 Å². The lowest BCUT2D eigenvalue weighted by atomic mass is 9.86. The van der Waals surface area contributed by atoms with Gasteiger partial charge in [-0.15, -0.1) is 0 Å². The molecular weight excluding hydrogens is 465 g/mol. The minimum Gasteiger partial charge on any atom is -0.444 e. The van der Waals surface area contributed by atoms with Crippen LogP contribution in [0.4, 0.5) is 9.18 Å². The summed E-state index contributed by atoms with van der Waals surface area (Å²) in [5, 5.41) is 3.08. The minimum absolute atomic E-state index is 0.166. The molecule has 0 aliphatic rings. The highest BCUT2D eigenvalue weighted by molar-refractivity contribution is 9.10. The lowest BCUT2D eigenvalue weighted by Gasteiger charge is -2.36. The van der Waals surface area contributed by atoms with Gasteiger partial charge in [-0.1, -0.05) is 36.7 Å². The molecule has 0 aliphatic heterocycles. The molecule has 7 heteroatoms. The standard InChI is InChI=1S/C23H39BrFNO3Si/c1-21(2,3)29-20(27)26-23(7,18-16-17(24)12-13-19(18)25)14-10-11-15-28-30(8,9)22(4,5)6/h12-13,16H,10-11,14-15H2,1-9H3,(H,26,27)/t23-/m1/s1. The molecule has 1 aromatic carbocycles. The summed E-state index contributed by atoms with van der Waals surface area (Å²) in [4.78, 5) is 12.5. The number of hydrogen-bond acceptors (Lipinski definition) is 3. The zero-order valence-corrected chi connectivity index (χ0v) is 22.6. The summed E-state index contributed by atoms with van der Waals surface area (Å²) in [5.74, 6) is -0.353. The van der Waals surface area contributed by atoms with Crippen LogP contribution in [0.5, 0.6) is 0 Å². The fourth-order valence-electron chi connectivity index (χ4n) is 2.84. The first kappa shape index (κ1) is 27.1. The molecule has 30 heavy (non-hydrogen) atoms. The van der Waals surface area contributed by atoms with Gasteiger partial charge < -0.3 is 14.5 Å². The Bertz CT molecular complexity index is 728. The Hall–Kier alpha value is -0.923. The number of unbranched alkanes of at least 4 members (excludes halogenated alkanes) is 1. The molecule has 0 unspecified atom stereocenters. The third-order valence-electron chi connectivity index (χ3n) is 5.64. The Kier molecular flexibility index (Phi) is 9.16. The maximum atomic E-state index is 14.7. The highest BCUT2D eigenvalue weighted by Crippen LogP contribution is 2.37. The zero-order chi connectivity index (χ0) is 23.4. The number of alkyl carbamates (subject to hydrolysis) is 1. The third kappa shape index (κ3) is 8.31. The summed E-state index contributed by atoms with van der Waals surface area (Å²) in [6, 6.07) is 4.79. The van der Waals surface area contributed by atoms with Crippen molar-refractivity contribution in [3.05, 3.63) is 34.1 Å². The van der Waals surface area contributed by atoms with E-state index in [0.29, 0.717) is 18.6 Å². The summed E-state index contributed by atoms with van der Waals surface area (Å²) >= 11 is 3.41. The van der Waals surface area contributed by atoms with Gasteiger partial charge >= 0.3 is 6.09 Å². The van der Waals surface area contributed by atoms with E-state index in [1.807, 2.05) is 27.7 Å². The van der Waals surface area contributed by atoms with Gasteiger partial charge in [-0.25, -0.2) is 9.18 Å². The van der Waals surface area contributed by atoms with Crippen molar-refractivity contribution >= 4 is 30.3 Å². The molecule has 1 atom stereocenters. The van der Waals surface area contributed by atoms with Crippen molar-refractivity contribution in [2.75, 3.05) is 6.61 Å². The van der Waals surface area contributed by atoms with E-state index >= 15 is 0 Å². The molecule has 0 bridgehead atoms. The molecule has 0 saturated carbocycles. The van der Waals surface area contributed by atoms with Crippen molar-refractivity contribution in [3.8, 4) is 0 Å². The Morgan fingerprint density at radius 2 is 1.70 bits per heavy atom. The molecule has 0 radical (unpaired) electrons. The van der Waals surface area contributed by atoms with Gasteiger partial charge in [-0.05, 0) is 83.3 Å². The highest BCUT2D eigenvalue weighted by Gasteiger charge is 2.37. The second kappa shape index (κ2) is 10.1. The van der Waals surface area contributed by atoms with Crippen LogP contribution >= 0.6 is 15.9 Å². The minimum atomic E-state index is -1.79. The van der Waals surface area contributed by atoms with E-state index in [0.717, 1.165) is 17.3 Å². The van der Waals surface area contributed by atoms with E-state index < -0.39 is 25.6 Å². The summed E-state index contributed by atoms with van der Waals surface area (Å²) in [5.41, 5.74) is -1.08. The molecule has 4 nitrogen and oxygen atoms in total. The molecule has 1 N–H and O–H groups in total. The van der Waals surface area contributed by atoms with Gasteiger partial charge in [-0.3, -0.25) is 0 Å². The first-order valence-electron chi connectivity index (χ1n) is 10.6. The molecule has 1 amide bonds. The van der Waals surface area contributed by atoms with Crippen LogP contribution in [0.3, 0.4) is 0 Å². The predicted octanol–water partition coefficient (Wildman–Crippen LogP) is 7.52. The van der Waals surface area contributed by atoms with Gasteiger partial charge in [0.1, 0.15) is 11.4 Å². The van der Waals surface area contributed by atoms with Crippen LogP contribution in [0, 0.1) is 5.82 Å². The van der Waals surface area contributed by atoms with Crippen LogP contribution in [0.25, 0.3) is 0 Å². The number of ether oxygens (including phenoxy) is 1. The van der Waals surface area contributed by atoms with Crippen LogP contribution in [-0.4, -0.2) is 26.6 Å². The van der Waals surface area contributed by atoms with E-state index in [1.165, 1.54) is 6.07 Å². The van der Waals surface area contributed by atoms with Crippen LogP contribution in [-0.2, 0) is 14.7 Å². The maximum absolute atomic E-state index is 14.7. The van der Waals surface area contributed by atoms with Crippen molar-refractivity contribution in [3.63, 3.8) is 0 Å². The lowest BCUT2D eigenvalue weighted by molar-refractivity contribution is 0.0451. The Balaban J connectivity index is 2.89. The number of halogens is 2. The Morgan fingerprint density at radius 3 is 2.23 bits per heavy atom. The molecule has 1 rings (SSSR count). The third-order valence-corrected chi connectivity index (χ3v) is 10.7. The largest absolute Gasteiger partial charge is 0.444 e. The Morgan fingerprint density at radius 1 is 1.10 bits per heavy atom. The van der Waals surface area contributed by atoms with Crippen molar-refractivity contribution in [2.45, 2.75) is 97.0 Å². The van der Waals surface area contributed by atoms with Crippen molar-refractivity contribution < 1.29 is 18.3 Å². The fourth-order valence-corrected chi connectivity index (χ4v) is 4.29. The van der Waals surface area contributed by atoms with Gasteiger partial charge in [0, 0.05) is 16.6 Å². The van der Waals surface area contributed by atoms with Crippen LogP contribution in [0.2, 0.25) is 18.1 Å². The average Bonchev–Trinajstić information content (AvgIpc) is 2.53. The monoisotopic (exact) mass is 503 g/mol. The predicted molar refractivity (Wildman–Crippen MR) is 128 cm³/mol. The summed E-state index contributed by atoms with van der Waals surface area (Å²) in [6.07, 6.45) is 1.64. The first-order valence-corrected chi connectivity index (χ1v) is 14.3. The van der Waals surface area contributed by atoms with Gasteiger partial charge in [0.15, 0.2) is 8.32 Å². The molecule has 1 aromatic rings. The van der Waals surface area contributed by atoms with Gasteiger partial charge in [0.05, 0.1) is 5.54 Å². The molecule has 0 aromatic heterocycles. The number of carbonyl (C=O) groups is 1. The van der Waals surface area contributed by atoms with Crippen LogP contribution in [0.15, 0.2) is 22.7 Å². The fraction of sp³-hybridized carbons (Fsp3) is 0.696. The normalized spacial score (nSPS) is 14.9. The van der Waals surface area contributed by atoms with Gasteiger partial charge in [0.25, 0.3) is 0 Å². The quantitative estimate of drug-likeness (QED) is 0.294. The molecular formula is C23H39BrFNO3Si. The number of carbonyl (C=O) groups excluding carboxylic acids is 1. The zero-order valence-electron chi connectivity index (χ0n) is 20.0. The highest BCUT2D eigenvalue weighted by atomic mass is 79.9. The SMILES string of the molecule is CC(C)(C)OC(=O)N[C@](C)(CCCCO[Si](C)(C)C(C)(C)C)c1cc(Br)ccc1F. The average molecular weight is 505 g/mol. The summed E-state index contributed by atoms with van der Waals surface area (Å²) in [7, 11) is -1.79.